The third-order valence-corrected chi connectivity index (χ3v) is 1.54. The molecule has 0 bridgehead atoms. The summed E-state index contributed by atoms with van der Waals surface area (Å²) in [6.07, 6.45) is 2.09. The van der Waals surface area contributed by atoms with E-state index in [-0.39, 0.29) is 12.1 Å². The van der Waals surface area contributed by atoms with Gasteiger partial charge in [-0.05, 0) is 20.8 Å². The van der Waals surface area contributed by atoms with E-state index in [1.54, 1.807) is 20.8 Å². The molecule has 1 aromatic heterocycles. The molecule has 0 aliphatic rings. The third-order valence-electron chi connectivity index (χ3n) is 1.54. The Bertz CT molecular complexity index is 400. The molecular weight excluding hydrogens is 210 g/mol. The SMILES string of the molecule is CC(C)(C)OC(=O)NCc1c[nH]c(=O)cn1. The Morgan fingerprint density at radius 3 is 2.75 bits per heavy atom. The summed E-state index contributed by atoms with van der Waals surface area (Å²) in [6, 6.07) is 0. The fraction of sp³-hybridized carbons (Fsp3) is 0.500. The van der Waals surface area contributed by atoms with Crippen molar-refractivity contribution >= 4 is 6.09 Å². The molecule has 1 heterocycles. The lowest BCUT2D eigenvalue weighted by Gasteiger charge is -2.19. The zero-order chi connectivity index (χ0) is 12.2. The lowest BCUT2D eigenvalue weighted by Crippen LogP contribution is -2.32. The molecule has 0 fully saturated rings. The number of ether oxygens (including phenoxy) is 1. The Morgan fingerprint density at radius 1 is 1.56 bits per heavy atom. The van der Waals surface area contributed by atoms with Gasteiger partial charge in [-0.25, -0.2) is 4.79 Å². The molecule has 16 heavy (non-hydrogen) atoms. The average molecular weight is 225 g/mol. The highest BCUT2D eigenvalue weighted by Crippen LogP contribution is 2.06. The predicted molar refractivity (Wildman–Crippen MR) is 57.9 cm³/mol. The van der Waals surface area contributed by atoms with Gasteiger partial charge in [-0.15, -0.1) is 0 Å². The van der Waals surface area contributed by atoms with Gasteiger partial charge in [-0.1, -0.05) is 0 Å². The number of hydrogen-bond donors (Lipinski definition) is 2. The Kier molecular flexibility index (Phi) is 3.65. The highest BCUT2D eigenvalue weighted by atomic mass is 16.6. The second kappa shape index (κ2) is 4.78. The van der Waals surface area contributed by atoms with Crippen LogP contribution in [0.3, 0.4) is 0 Å². The van der Waals surface area contributed by atoms with Crippen LogP contribution in [0.5, 0.6) is 0 Å². The first kappa shape index (κ1) is 12.2. The summed E-state index contributed by atoms with van der Waals surface area (Å²) in [5.74, 6) is 0. The predicted octanol–water partition coefficient (Wildman–Crippen LogP) is 0.795. The monoisotopic (exact) mass is 225 g/mol. The van der Waals surface area contributed by atoms with E-state index in [0.717, 1.165) is 6.20 Å². The first-order valence-electron chi connectivity index (χ1n) is 4.87. The maximum absolute atomic E-state index is 11.3. The normalized spacial score (nSPS) is 10.9. The van der Waals surface area contributed by atoms with Crippen molar-refractivity contribution in [3.63, 3.8) is 0 Å². The van der Waals surface area contributed by atoms with E-state index in [9.17, 15) is 9.59 Å². The van der Waals surface area contributed by atoms with Crippen LogP contribution in [0.2, 0.25) is 0 Å². The second-order valence-electron chi connectivity index (χ2n) is 4.26. The number of aromatic amines is 1. The van der Waals surface area contributed by atoms with Crippen LogP contribution in [0.4, 0.5) is 4.79 Å². The molecule has 6 heteroatoms. The Balaban J connectivity index is 2.43. The number of amides is 1. The number of nitrogens with zero attached hydrogens (tertiary/aromatic N) is 1. The van der Waals surface area contributed by atoms with E-state index in [0.29, 0.717) is 5.69 Å². The van der Waals surface area contributed by atoms with Gasteiger partial charge in [-0.3, -0.25) is 9.78 Å². The summed E-state index contributed by atoms with van der Waals surface area (Å²) in [5.41, 5.74) is -0.242. The van der Waals surface area contributed by atoms with Gasteiger partial charge in [0.15, 0.2) is 0 Å². The topological polar surface area (TPSA) is 84.1 Å². The minimum absolute atomic E-state index is 0.214. The Morgan fingerprint density at radius 2 is 2.25 bits per heavy atom. The van der Waals surface area contributed by atoms with Crippen molar-refractivity contribution < 1.29 is 9.53 Å². The minimum atomic E-state index is -0.525. The van der Waals surface area contributed by atoms with Crippen LogP contribution in [-0.2, 0) is 11.3 Å². The van der Waals surface area contributed by atoms with Crippen LogP contribution in [0.15, 0.2) is 17.2 Å². The Hall–Kier alpha value is -1.85. The van der Waals surface area contributed by atoms with Crippen LogP contribution < -0.4 is 10.9 Å². The smallest absolute Gasteiger partial charge is 0.407 e. The maximum Gasteiger partial charge on any atom is 0.407 e. The number of alkyl carbamates (subject to hydrolysis) is 1. The lowest BCUT2D eigenvalue weighted by molar-refractivity contribution is 0.0523. The number of aromatic nitrogens is 2. The van der Waals surface area contributed by atoms with Crippen molar-refractivity contribution in [3.8, 4) is 0 Å². The van der Waals surface area contributed by atoms with Crippen molar-refractivity contribution in [2.24, 2.45) is 0 Å². The summed E-state index contributed by atoms with van der Waals surface area (Å²) in [4.78, 5) is 28.3. The van der Waals surface area contributed by atoms with Gasteiger partial charge in [0, 0.05) is 6.20 Å². The number of carbonyl (C=O) groups is 1. The van der Waals surface area contributed by atoms with Crippen molar-refractivity contribution in [1.29, 1.82) is 0 Å². The van der Waals surface area contributed by atoms with E-state index in [2.05, 4.69) is 15.3 Å². The third kappa shape index (κ3) is 4.59. The molecule has 0 spiro atoms. The van der Waals surface area contributed by atoms with E-state index in [1.807, 2.05) is 0 Å². The molecule has 1 aromatic rings. The van der Waals surface area contributed by atoms with Crippen LogP contribution in [0.1, 0.15) is 26.5 Å². The zero-order valence-corrected chi connectivity index (χ0v) is 9.53. The van der Waals surface area contributed by atoms with Gasteiger partial charge in [0.05, 0.1) is 18.4 Å². The van der Waals surface area contributed by atoms with Crippen LogP contribution in [0, 0.1) is 0 Å². The van der Waals surface area contributed by atoms with Gasteiger partial charge in [0.2, 0.25) is 0 Å². The summed E-state index contributed by atoms with van der Waals surface area (Å²) in [5, 5.41) is 2.53. The van der Waals surface area contributed by atoms with Crippen LogP contribution in [-0.4, -0.2) is 21.7 Å². The molecule has 2 N–H and O–H groups in total. The number of rotatable bonds is 2. The first-order chi connectivity index (χ1) is 7.37. The van der Waals surface area contributed by atoms with E-state index < -0.39 is 11.7 Å². The molecule has 1 amide bonds. The Labute approximate surface area is 93.0 Å². The summed E-state index contributed by atoms with van der Waals surface area (Å²) in [7, 11) is 0. The van der Waals surface area contributed by atoms with Crippen molar-refractivity contribution in [2.45, 2.75) is 32.9 Å². The number of nitrogens with one attached hydrogen (secondary N) is 2. The van der Waals surface area contributed by atoms with Gasteiger partial charge < -0.3 is 15.0 Å². The summed E-state index contributed by atoms with van der Waals surface area (Å²) >= 11 is 0. The van der Waals surface area contributed by atoms with Gasteiger partial charge in [-0.2, -0.15) is 0 Å². The van der Waals surface area contributed by atoms with Crippen molar-refractivity contribution in [3.05, 3.63) is 28.4 Å². The zero-order valence-electron chi connectivity index (χ0n) is 9.53. The van der Waals surface area contributed by atoms with Crippen molar-refractivity contribution in [1.82, 2.24) is 15.3 Å². The van der Waals surface area contributed by atoms with Gasteiger partial charge >= 0.3 is 6.09 Å². The quantitative estimate of drug-likeness (QED) is 0.779. The van der Waals surface area contributed by atoms with E-state index in [1.165, 1.54) is 6.20 Å². The molecule has 0 unspecified atom stereocenters. The number of hydrogen-bond acceptors (Lipinski definition) is 4. The molecule has 88 valence electrons. The average Bonchev–Trinajstić information content (AvgIpc) is 2.14. The van der Waals surface area contributed by atoms with Gasteiger partial charge in [0.25, 0.3) is 5.56 Å². The summed E-state index contributed by atoms with van der Waals surface area (Å²) in [6.45, 7) is 5.56. The first-order valence-corrected chi connectivity index (χ1v) is 4.87. The highest BCUT2D eigenvalue weighted by Gasteiger charge is 2.15. The minimum Gasteiger partial charge on any atom is -0.444 e. The molecule has 6 nitrogen and oxygen atoms in total. The molecule has 0 saturated carbocycles. The standard InChI is InChI=1S/C10H15N3O3/c1-10(2,3)16-9(15)13-5-7-4-12-8(14)6-11-7/h4,6H,5H2,1-3H3,(H,12,14)(H,13,15). The fourth-order valence-electron chi connectivity index (χ4n) is 0.944. The van der Waals surface area contributed by atoms with Crippen LogP contribution in [0.25, 0.3) is 0 Å². The maximum atomic E-state index is 11.3. The molecule has 0 atom stereocenters. The lowest BCUT2D eigenvalue weighted by atomic mass is 10.2. The second-order valence-corrected chi connectivity index (χ2v) is 4.26. The molecular formula is C10H15N3O3. The number of H-pyrrole nitrogens is 1. The largest absolute Gasteiger partial charge is 0.444 e. The van der Waals surface area contributed by atoms with E-state index >= 15 is 0 Å². The van der Waals surface area contributed by atoms with Gasteiger partial charge in [0.1, 0.15) is 5.60 Å². The van der Waals surface area contributed by atoms with Crippen LogP contribution >= 0.6 is 0 Å². The molecule has 0 aromatic carbocycles. The molecule has 0 radical (unpaired) electrons. The molecule has 0 aliphatic heterocycles. The fourth-order valence-corrected chi connectivity index (χ4v) is 0.944. The number of carbonyl (C=O) groups excluding carboxylic acids is 1. The highest BCUT2D eigenvalue weighted by molar-refractivity contribution is 5.67. The summed E-state index contributed by atoms with van der Waals surface area (Å²) < 4.78 is 5.03. The molecule has 1 rings (SSSR count). The van der Waals surface area contributed by atoms with E-state index in [4.69, 9.17) is 4.74 Å². The molecule has 0 saturated heterocycles. The molecule has 0 aliphatic carbocycles. The van der Waals surface area contributed by atoms with Crippen molar-refractivity contribution in [2.75, 3.05) is 0 Å².